The van der Waals surface area contributed by atoms with Crippen LogP contribution in [0.25, 0.3) is 0 Å². The monoisotopic (exact) mass is 172 g/mol. The van der Waals surface area contributed by atoms with Crippen LogP contribution in [-0.2, 0) is 3.10 Å². The van der Waals surface area contributed by atoms with Crippen molar-refractivity contribution in [3.63, 3.8) is 0 Å². The number of rotatable bonds is 0. The minimum absolute atomic E-state index is 1.26. The molecule has 2 nitrogen and oxygen atoms in total. The number of nitriles is 1. The first-order valence-electron chi connectivity index (χ1n) is 0.594. The fourth-order valence-corrected chi connectivity index (χ4v) is 0. The average Bonchev–Trinajstić information content (AvgIpc) is 1.37. The van der Waals surface area contributed by atoms with Gasteiger partial charge in [-0.2, -0.15) is 0 Å². The van der Waals surface area contributed by atoms with Crippen molar-refractivity contribution in [2.24, 2.45) is 0 Å². The molecule has 21 valence electrons. The van der Waals surface area contributed by atoms with Crippen LogP contribution in [0.5, 0.6) is 0 Å². The first-order valence-corrected chi connectivity index (χ1v) is 1.55. The molecule has 0 aliphatic heterocycles. The van der Waals surface area contributed by atoms with E-state index >= 15 is 0 Å². The van der Waals surface area contributed by atoms with Crippen molar-refractivity contribution in [1.82, 2.24) is 0 Å². The fraction of sp³-hybridized carbons (Fsp3) is 0. The summed E-state index contributed by atoms with van der Waals surface area (Å²) in [6, 6.07) is 0. The molecule has 0 N–H and O–H groups in total. The van der Waals surface area contributed by atoms with Crippen LogP contribution in [0.15, 0.2) is 0 Å². The summed E-state index contributed by atoms with van der Waals surface area (Å²) in [4.78, 5) is 0. The Kier molecular flexibility index (Phi) is 3.14. The molecule has 3 heteroatoms. The van der Waals surface area contributed by atoms with Gasteiger partial charge in [0.2, 0.25) is 0 Å². The molecule has 0 aromatic carbocycles. The number of nitrogens with zero attached hydrogens (tertiary/aromatic N) is 1. The fourth-order valence-electron chi connectivity index (χ4n) is 0. The van der Waals surface area contributed by atoms with E-state index in [0.29, 0.717) is 0 Å². The van der Waals surface area contributed by atoms with Crippen LogP contribution in [0.4, 0.5) is 0 Å². The van der Waals surface area contributed by atoms with Crippen molar-refractivity contribution in [2.45, 2.75) is 0 Å². The summed E-state index contributed by atoms with van der Waals surface area (Å²) < 4.78 is 3.86. The predicted molar refractivity (Wildman–Crippen MR) is 12.5 cm³/mol. The van der Waals surface area contributed by atoms with Gasteiger partial charge in [0.05, 0.1) is 0 Å². The van der Waals surface area contributed by atoms with Crippen LogP contribution in [0, 0.1) is 11.5 Å². The van der Waals surface area contributed by atoms with Gasteiger partial charge in [-0.1, -0.05) is 0 Å². The van der Waals surface area contributed by atoms with E-state index in [1.165, 1.54) is 29.0 Å². The van der Waals surface area contributed by atoms with E-state index in [2.05, 4.69) is 3.10 Å². The topological polar surface area (TPSA) is 33.0 Å². The van der Waals surface area contributed by atoms with E-state index in [9.17, 15) is 0 Å². The average molecular weight is 170 g/mol. The number of hydrogen-bond acceptors (Lipinski definition) is 2. The van der Waals surface area contributed by atoms with Gasteiger partial charge in [-0.05, 0) is 0 Å². The van der Waals surface area contributed by atoms with Crippen molar-refractivity contribution in [1.29, 1.82) is 5.26 Å². The Balaban J connectivity index is 2.43. The van der Waals surface area contributed by atoms with E-state index in [0.717, 1.165) is 0 Å². The first kappa shape index (κ1) is 4.08. The van der Waals surface area contributed by atoms with Crippen molar-refractivity contribution in [3.05, 3.63) is 0 Å². The van der Waals surface area contributed by atoms with E-state index in [-0.39, 0.29) is 0 Å². The van der Waals surface area contributed by atoms with Gasteiger partial charge in [-0.25, -0.2) is 0 Å². The summed E-state index contributed by atoms with van der Waals surface area (Å²) in [7, 11) is 0. The SMILES string of the molecule is N#CO[Te]. The Bertz CT molecular complexity index is 37.8. The molecule has 0 fully saturated rings. The van der Waals surface area contributed by atoms with Crippen molar-refractivity contribution < 1.29 is 3.10 Å². The maximum absolute atomic E-state index is 7.41. The summed E-state index contributed by atoms with van der Waals surface area (Å²) in [6.07, 6.45) is 1.44. The van der Waals surface area contributed by atoms with Crippen LogP contribution >= 0.6 is 0 Å². The third-order valence-electron chi connectivity index (χ3n) is 0.0373. The van der Waals surface area contributed by atoms with Gasteiger partial charge < -0.3 is 0 Å². The van der Waals surface area contributed by atoms with Crippen LogP contribution in [0.1, 0.15) is 0 Å². The second-order valence-corrected chi connectivity index (χ2v) is 0.650. The second-order valence-electron chi connectivity index (χ2n) is 0.175. The van der Waals surface area contributed by atoms with Gasteiger partial charge in [0.25, 0.3) is 0 Å². The number of hydrogen-bond donors (Lipinski definition) is 0. The molecule has 0 aromatic heterocycles. The van der Waals surface area contributed by atoms with Gasteiger partial charge in [0, 0.05) is 0 Å². The van der Waals surface area contributed by atoms with E-state index in [4.69, 9.17) is 5.26 Å². The van der Waals surface area contributed by atoms with Gasteiger partial charge in [-0.15, -0.1) is 0 Å². The maximum atomic E-state index is 7.41. The molecule has 0 aliphatic rings. The Labute approximate surface area is 37.8 Å². The Morgan fingerprint density at radius 1 is 2.00 bits per heavy atom. The van der Waals surface area contributed by atoms with E-state index in [1.54, 1.807) is 0 Å². The summed E-state index contributed by atoms with van der Waals surface area (Å²) in [5.41, 5.74) is 0. The summed E-state index contributed by atoms with van der Waals surface area (Å²) in [5, 5.41) is 7.41. The molecule has 0 saturated heterocycles. The Morgan fingerprint density at radius 2 is 2.25 bits per heavy atom. The summed E-state index contributed by atoms with van der Waals surface area (Å²) >= 11 is 1.26. The predicted octanol–water partition coefficient (Wildman–Crippen LogP) is -0.432. The van der Waals surface area contributed by atoms with Crippen molar-refractivity contribution >= 4 is 22.7 Å². The molecule has 0 spiro atoms. The molecular weight excluding hydrogens is 170 g/mol. The van der Waals surface area contributed by atoms with E-state index in [1.807, 2.05) is 0 Å². The standard InChI is InChI=1S/CNOTe/c2-1-3-4. The minimum atomic E-state index is 1.26. The van der Waals surface area contributed by atoms with Gasteiger partial charge >= 0.3 is 37.3 Å². The molecule has 1 radical (unpaired) electrons. The van der Waals surface area contributed by atoms with Gasteiger partial charge in [0.15, 0.2) is 0 Å². The van der Waals surface area contributed by atoms with Gasteiger partial charge in [-0.3, -0.25) is 0 Å². The molecular formula is CNOTe. The zero-order valence-corrected chi connectivity index (χ0v) is 4.09. The quantitative estimate of drug-likeness (QED) is 0.364. The van der Waals surface area contributed by atoms with E-state index < -0.39 is 0 Å². The third-order valence-corrected chi connectivity index (χ3v) is 0.250. The van der Waals surface area contributed by atoms with Crippen molar-refractivity contribution in [2.75, 3.05) is 0 Å². The van der Waals surface area contributed by atoms with Gasteiger partial charge in [0.1, 0.15) is 0 Å². The molecule has 4 heavy (non-hydrogen) atoms. The Morgan fingerprint density at radius 3 is 2.25 bits per heavy atom. The molecule has 0 heterocycles. The molecule has 0 atom stereocenters. The summed E-state index contributed by atoms with van der Waals surface area (Å²) in [6.45, 7) is 0. The molecule has 0 rings (SSSR count). The molecule has 0 aliphatic carbocycles. The van der Waals surface area contributed by atoms with Crippen LogP contribution < -0.4 is 0 Å². The zero-order valence-electron chi connectivity index (χ0n) is 1.76. The van der Waals surface area contributed by atoms with Crippen LogP contribution in [-0.4, -0.2) is 22.7 Å². The zero-order chi connectivity index (χ0) is 3.41. The molecule has 0 saturated carbocycles. The summed E-state index contributed by atoms with van der Waals surface area (Å²) in [5.74, 6) is 0. The molecule has 0 bridgehead atoms. The molecule has 0 amide bonds. The van der Waals surface area contributed by atoms with Crippen LogP contribution in [0.3, 0.4) is 0 Å². The van der Waals surface area contributed by atoms with Crippen molar-refractivity contribution in [3.8, 4) is 6.26 Å². The Hall–Kier alpha value is 0.0796. The second kappa shape index (κ2) is 3.08. The van der Waals surface area contributed by atoms with Crippen LogP contribution in [0.2, 0.25) is 0 Å². The third kappa shape index (κ3) is 2.08. The molecule has 0 unspecified atom stereocenters. The first-order chi connectivity index (χ1) is 1.91. The normalized spacial score (nSPS) is 4.00. The molecule has 0 aromatic rings.